The van der Waals surface area contributed by atoms with Gasteiger partial charge in [-0.15, -0.1) is 0 Å². The highest BCUT2D eigenvalue weighted by molar-refractivity contribution is 5.97. The van der Waals surface area contributed by atoms with Gasteiger partial charge < -0.3 is 0 Å². The van der Waals surface area contributed by atoms with Crippen LogP contribution < -0.4 is 0 Å². The summed E-state index contributed by atoms with van der Waals surface area (Å²) in [6, 6.07) is 2.68. The molecule has 2 aliphatic rings. The second-order valence-electron chi connectivity index (χ2n) is 7.96. The van der Waals surface area contributed by atoms with E-state index in [1.54, 1.807) is 0 Å². The topological polar surface area (TPSA) is 72.3 Å². The van der Waals surface area contributed by atoms with Crippen LogP contribution in [0.3, 0.4) is 0 Å². The molecule has 1 aliphatic heterocycles. The van der Waals surface area contributed by atoms with Crippen molar-refractivity contribution in [2.75, 3.05) is 0 Å². The number of aromatic amines is 1. The van der Waals surface area contributed by atoms with Gasteiger partial charge >= 0.3 is 0 Å². The molecule has 0 radical (unpaired) electrons. The summed E-state index contributed by atoms with van der Waals surface area (Å²) >= 11 is 0. The first-order valence-corrected chi connectivity index (χ1v) is 9.46. The van der Waals surface area contributed by atoms with Gasteiger partial charge in [-0.25, -0.2) is 22.5 Å². The molecular weight excluding hydrogens is 400 g/mol. The molecule has 30 heavy (non-hydrogen) atoms. The van der Waals surface area contributed by atoms with Crippen LogP contribution in [0.2, 0.25) is 0 Å². The Morgan fingerprint density at radius 2 is 1.87 bits per heavy atom. The summed E-state index contributed by atoms with van der Waals surface area (Å²) in [4.78, 5) is 8.10. The van der Waals surface area contributed by atoms with Crippen molar-refractivity contribution in [1.29, 1.82) is 0 Å². The van der Waals surface area contributed by atoms with Crippen LogP contribution in [0.4, 0.5) is 17.6 Å². The van der Waals surface area contributed by atoms with Crippen molar-refractivity contribution in [2.45, 2.75) is 31.7 Å². The number of hydrogen-bond acceptors (Lipinski definition) is 4. The number of aromatic nitrogens is 6. The third kappa shape index (κ3) is 2.30. The fourth-order valence-corrected chi connectivity index (χ4v) is 4.52. The number of halogens is 4. The molecule has 5 heterocycles. The molecule has 152 valence electrons. The van der Waals surface area contributed by atoms with E-state index in [9.17, 15) is 13.2 Å². The summed E-state index contributed by atoms with van der Waals surface area (Å²) in [5.74, 6) is -3.82. The summed E-state index contributed by atoms with van der Waals surface area (Å²) in [7, 11) is 0. The van der Waals surface area contributed by atoms with Crippen molar-refractivity contribution in [3.63, 3.8) is 0 Å². The monoisotopic (exact) mass is 414 g/mol. The normalized spacial score (nSPS) is 21.9. The zero-order chi connectivity index (χ0) is 20.7. The van der Waals surface area contributed by atoms with E-state index < -0.39 is 23.0 Å². The fraction of sp³-hybridized carbons (Fsp3) is 0.300. The smallest absolute Gasteiger partial charge is 0.256 e. The Kier molecular flexibility index (Phi) is 3.30. The Morgan fingerprint density at radius 3 is 2.60 bits per heavy atom. The van der Waals surface area contributed by atoms with E-state index >= 15 is 4.39 Å². The molecule has 1 fully saturated rings. The molecular formula is C20H14F4N6. The van der Waals surface area contributed by atoms with E-state index in [-0.39, 0.29) is 24.9 Å². The van der Waals surface area contributed by atoms with Gasteiger partial charge in [-0.05, 0) is 25.0 Å². The number of alkyl halides is 2. The minimum Gasteiger partial charge on any atom is -0.267 e. The first kappa shape index (κ1) is 17.5. The highest BCUT2D eigenvalue weighted by atomic mass is 19.3. The highest BCUT2D eigenvalue weighted by Gasteiger charge is 2.71. The minimum absolute atomic E-state index is 0.0464. The zero-order valence-electron chi connectivity index (χ0n) is 15.5. The Bertz CT molecular complexity index is 1310. The van der Waals surface area contributed by atoms with Crippen LogP contribution in [-0.4, -0.2) is 35.9 Å². The number of nitrogens with one attached hydrogen (secondary N) is 1. The fourth-order valence-electron chi connectivity index (χ4n) is 4.52. The zero-order valence-corrected chi connectivity index (χ0v) is 15.5. The van der Waals surface area contributed by atoms with Crippen molar-refractivity contribution < 1.29 is 17.6 Å². The van der Waals surface area contributed by atoms with E-state index in [0.717, 1.165) is 12.4 Å². The number of H-pyrrole nitrogens is 1. The predicted molar refractivity (Wildman–Crippen MR) is 98.6 cm³/mol. The lowest BCUT2D eigenvalue weighted by atomic mass is 9.90. The van der Waals surface area contributed by atoms with Crippen molar-refractivity contribution in [3.05, 3.63) is 48.1 Å². The van der Waals surface area contributed by atoms with E-state index in [4.69, 9.17) is 0 Å². The van der Waals surface area contributed by atoms with Gasteiger partial charge in [0.2, 0.25) is 0 Å². The number of pyridine rings is 2. The van der Waals surface area contributed by atoms with E-state index in [2.05, 4.69) is 25.3 Å². The Labute approximate surface area is 167 Å². The van der Waals surface area contributed by atoms with Crippen LogP contribution in [0, 0.1) is 17.0 Å². The van der Waals surface area contributed by atoms with Gasteiger partial charge in [0, 0.05) is 28.6 Å². The molecule has 1 aliphatic carbocycles. The summed E-state index contributed by atoms with van der Waals surface area (Å²) < 4.78 is 58.0. The van der Waals surface area contributed by atoms with Crippen molar-refractivity contribution in [2.24, 2.45) is 5.41 Å². The standard InChI is InChI=1S/C20H14F4N6/c21-10-1-2-13(25-5-10)17-16(15-11-6-27-28-18(11)26-7-12(15)22)14-3-4-19(8-20(19,23)24)9-30(14)29-17/h1-2,5-7H,3-4,8-9H2,(H,26,27,28)/t19-/m1/s1. The summed E-state index contributed by atoms with van der Waals surface area (Å²) in [5, 5.41) is 11.6. The van der Waals surface area contributed by atoms with Crippen LogP contribution in [0.1, 0.15) is 18.5 Å². The van der Waals surface area contributed by atoms with Gasteiger partial charge in [0.25, 0.3) is 5.92 Å². The molecule has 0 aromatic carbocycles. The van der Waals surface area contributed by atoms with Crippen LogP contribution in [0.25, 0.3) is 33.5 Å². The lowest BCUT2D eigenvalue weighted by molar-refractivity contribution is 0.0462. The number of fused-ring (bicyclic) bond motifs is 2. The van der Waals surface area contributed by atoms with E-state index in [1.807, 2.05) is 0 Å². The third-order valence-corrected chi connectivity index (χ3v) is 6.22. The molecule has 1 saturated carbocycles. The number of rotatable bonds is 2. The molecule has 0 saturated heterocycles. The van der Waals surface area contributed by atoms with Gasteiger partial charge in [-0.3, -0.25) is 14.8 Å². The van der Waals surface area contributed by atoms with Gasteiger partial charge in [0.05, 0.1) is 36.2 Å². The molecule has 0 amide bonds. The summed E-state index contributed by atoms with van der Waals surface area (Å²) in [6.45, 7) is 0.0464. The largest absolute Gasteiger partial charge is 0.267 e. The lowest BCUT2D eigenvalue weighted by Crippen LogP contribution is -2.27. The van der Waals surface area contributed by atoms with Crippen LogP contribution in [-0.2, 0) is 13.0 Å². The Hall–Kier alpha value is -3.30. The number of hydrogen-bond donors (Lipinski definition) is 1. The second kappa shape index (κ2) is 5.65. The minimum atomic E-state index is -2.72. The first-order chi connectivity index (χ1) is 14.4. The maximum absolute atomic E-state index is 15.0. The van der Waals surface area contributed by atoms with Gasteiger partial charge in [-0.2, -0.15) is 10.2 Å². The molecule has 6 rings (SSSR count). The maximum Gasteiger partial charge on any atom is 0.256 e. The van der Waals surface area contributed by atoms with Crippen molar-refractivity contribution >= 4 is 11.0 Å². The predicted octanol–water partition coefficient (Wildman–Crippen LogP) is 4.13. The molecule has 1 N–H and O–H groups in total. The average molecular weight is 414 g/mol. The number of nitrogens with zero attached hydrogens (tertiary/aromatic N) is 5. The maximum atomic E-state index is 15.0. The summed E-state index contributed by atoms with van der Waals surface area (Å²) in [6.07, 6.45) is 4.03. The van der Waals surface area contributed by atoms with E-state index in [0.29, 0.717) is 40.1 Å². The second-order valence-corrected chi connectivity index (χ2v) is 7.96. The van der Waals surface area contributed by atoms with Gasteiger partial charge in [0.15, 0.2) is 5.65 Å². The molecule has 0 bridgehead atoms. The van der Waals surface area contributed by atoms with Gasteiger partial charge in [-0.1, -0.05) is 0 Å². The third-order valence-electron chi connectivity index (χ3n) is 6.22. The molecule has 1 spiro atoms. The lowest BCUT2D eigenvalue weighted by Gasteiger charge is -2.24. The molecule has 4 aromatic heterocycles. The summed E-state index contributed by atoms with van der Waals surface area (Å²) in [5.41, 5.74) is 1.28. The van der Waals surface area contributed by atoms with Crippen molar-refractivity contribution in [3.8, 4) is 22.5 Å². The molecule has 0 unspecified atom stereocenters. The van der Waals surface area contributed by atoms with Crippen LogP contribution in [0.5, 0.6) is 0 Å². The SMILES string of the molecule is Fc1ccc(-c2nn3c(c2-c2c(F)cnc4[nH]ncc24)CC[C@]2(C3)CC2(F)F)nc1. The van der Waals surface area contributed by atoms with Crippen molar-refractivity contribution in [1.82, 2.24) is 29.9 Å². The van der Waals surface area contributed by atoms with Crippen LogP contribution in [0.15, 0.2) is 30.7 Å². The highest BCUT2D eigenvalue weighted by Crippen LogP contribution is 2.65. The molecule has 1 atom stereocenters. The van der Waals surface area contributed by atoms with E-state index in [1.165, 1.54) is 23.0 Å². The first-order valence-electron chi connectivity index (χ1n) is 9.46. The molecule has 10 heteroatoms. The van der Waals surface area contributed by atoms with Gasteiger partial charge in [0.1, 0.15) is 17.3 Å². The molecule has 4 aromatic rings. The Morgan fingerprint density at radius 1 is 1.03 bits per heavy atom. The van der Waals surface area contributed by atoms with Crippen LogP contribution >= 0.6 is 0 Å². The quantitative estimate of drug-likeness (QED) is 0.501. The average Bonchev–Trinajstić information content (AvgIpc) is 3.09. The Balaban J connectivity index is 1.62. The molecule has 6 nitrogen and oxygen atoms in total.